The summed E-state index contributed by atoms with van der Waals surface area (Å²) in [4.78, 5) is 4.82. The lowest BCUT2D eigenvalue weighted by Gasteiger charge is -2.24. The van der Waals surface area contributed by atoms with Crippen LogP contribution < -0.4 is 14.4 Å². The second kappa shape index (κ2) is 10.2. The first-order chi connectivity index (χ1) is 14.1. The van der Waals surface area contributed by atoms with Crippen LogP contribution in [0.3, 0.4) is 0 Å². The molecule has 5 nitrogen and oxygen atoms in total. The highest BCUT2D eigenvalue weighted by atomic mass is 16.5. The molecule has 5 heteroatoms. The molecule has 156 valence electrons. The predicted molar refractivity (Wildman–Crippen MR) is 118 cm³/mol. The molecule has 1 heterocycles. The number of aromatic hydroxyl groups is 1. The molecular weight excluding hydrogens is 364 g/mol. The molecule has 0 spiro atoms. The van der Waals surface area contributed by atoms with Crippen LogP contribution in [0.1, 0.15) is 24.5 Å². The number of ether oxygens (including phenoxy) is 2. The van der Waals surface area contributed by atoms with Gasteiger partial charge in [0.05, 0.1) is 13.7 Å². The van der Waals surface area contributed by atoms with Crippen molar-refractivity contribution in [3.63, 3.8) is 0 Å². The molecule has 1 aliphatic rings. The largest absolute Gasteiger partial charge is 0.507 e. The van der Waals surface area contributed by atoms with Gasteiger partial charge in [-0.1, -0.05) is 6.08 Å². The zero-order valence-corrected chi connectivity index (χ0v) is 17.6. The molecule has 0 bridgehead atoms. The molecule has 2 aromatic rings. The molecule has 1 fully saturated rings. The van der Waals surface area contributed by atoms with E-state index >= 15 is 0 Å². The third kappa shape index (κ3) is 5.45. The van der Waals surface area contributed by atoms with Gasteiger partial charge in [-0.3, -0.25) is 4.90 Å². The number of benzene rings is 2. The smallest absolute Gasteiger partial charge is 0.123 e. The fourth-order valence-electron chi connectivity index (χ4n) is 3.83. The molecule has 0 aromatic heterocycles. The minimum atomic E-state index is 0.365. The van der Waals surface area contributed by atoms with Crippen LogP contribution in [-0.4, -0.2) is 49.9 Å². The van der Waals surface area contributed by atoms with E-state index in [1.807, 2.05) is 37.3 Å². The van der Waals surface area contributed by atoms with Gasteiger partial charge in [0.2, 0.25) is 0 Å². The Morgan fingerprint density at radius 1 is 1.03 bits per heavy atom. The van der Waals surface area contributed by atoms with E-state index in [9.17, 15) is 5.11 Å². The SMILES string of the molecule is C=CCc1cc(OCC)cc(CN2CCCN(c3ccc(OC)cc3)CC2)c1O. The van der Waals surface area contributed by atoms with Gasteiger partial charge in [-0.05, 0) is 56.2 Å². The zero-order valence-electron chi connectivity index (χ0n) is 17.6. The molecule has 0 atom stereocenters. The number of allylic oxidation sites excluding steroid dienone is 1. The first-order valence-electron chi connectivity index (χ1n) is 10.3. The average Bonchev–Trinajstić information content (AvgIpc) is 2.97. The Bertz CT molecular complexity index is 805. The van der Waals surface area contributed by atoms with E-state index in [4.69, 9.17) is 9.47 Å². The van der Waals surface area contributed by atoms with Crippen LogP contribution >= 0.6 is 0 Å². The van der Waals surface area contributed by atoms with Crippen LogP contribution in [0.15, 0.2) is 49.1 Å². The quantitative estimate of drug-likeness (QED) is 0.676. The van der Waals surface area contributed by atoms with Gasteiger partial charge in [0, 0.05) is 49.5 Å². The van der Waals surface area contributed by atoms with Crippen LogP contribution in [0.25, 0.3) is 0 Å². The average molecular weight is 397 g/mol. The molecule has 29 heavy (non-hydrogen) atoms. The van der Waals surface area contributed by atoms with Crippen LogP contribution in [0.4, 0.5) is 5.69 Å². The monoisotopic (exact) mass is 396 g/mol. The van der Waals surface area contributed by atoms with Gasteiger partial charge in [0.25, 0.3) is 0 Å². The van der Waals surface area contributed by atoms with E-state index in [2.05, 4.69) is 28.5 Å². The topological polar surface area (TPSA) is 45.2 Å². The number of hydrogen-bond acceptors (Lipinski definition) is 5. The Labute approximate surface area is 174 Å². The highest BCUT2D eigenvalue weighted by Crippen LogP contribution is 2.31. The molecule has 0 radical (unpaired) electrons. The van der Waals surface area contributed by atoms with Crippen molar-refractivity contribution in [1.82, 2.24) is 4.90 Å². The van der Waals surface area contributed by atoms with Crippen LogP contribution in [0.2, 0.25) is 0 Å². The minimum Gasteiger partial charge on any atom is -0.507 e. The maximum absolute atomic E-state index is 10.7. The van der Waals surface area contributed by atoms with E-state index in [0.717, 1.165) is 55.2 Å². The first-order valence-corrected chi connectivity index (χ1v) is 10.3. The number of hydrogen-bond donors (Lipinski definition) is 1. The van der Waals surface area contributed by atoms with E-state index in [0.29, 0.717) is 25.3 Å². The Hall–Kier alpha value is -2.66. The molecule has 0 aliphatic carbocycles. The van der Waals surface area contributed by atoms with Gasteiger partial charge < -0.3 is 19.5 Å². The number of phenolic OH excluding ortho intramolecular Hbond substituents is 1. The number of nitrogens with zero attached hydrogens (tertiary/aromatic N) is 2. The summed E-state index contributed by atoms with van der Waals surface area (Å²) in [5.74, 6) is 2.06. The van der Waals surface area contributed by atoms with Crippen molar-refractivity contribution in [1.29, 1.82) is 0 Å². The second-order valence-electron chi connectivity index (χ2n) is 7.33. The number of phenols is 1. The third-order valence-corrected chi connectivity index (χ3v) is 5.34. The van der Waals surface area contributed by atoms with Crippen LogP contribution in [0, 0.1) is 0 Å². The second-order valence-corrected chi connectivity index (χ2v) is 7.33. The van der Waals surface area contributed by atoms with Gasteiger partial charge in [-0.25, -0.2) is 0 Å². The van der Waals surface area contributed by atoms with Crippen LogP contribution in [0.5, 0.6) is 17.2 Å². The molecule has 1 saturated heterocycles. The van der Waals surface area contributed by atoms with Crippen molar-refractivity contribution in [2.24, 2.45) is 0 Å². The first kappa shape index (κ1) is 21.1. The Morgan fingerprint density at radius 3 is 2.48 bits per heavy atom. The summed E-state index contributed by atoms with van der Waals surface area (Å²) in [5, 5.41) is 10.7. The lowest BCUT2D eigenvalue weighted by atomic mass is 10.0. The maximum atomic E-state index is 10.7. The molecule has 3 rings (SSSR count). The molecule has 0 amide bonds. The third-order valence-electron chi connectivity index (χ3n) is 5.34. The lowest BCUT2D eigenvalue weighted by Crippen LogP contribution is -2.30. The van der Waals surface area contributed by atoms with Crippen molar-refractivity contribution in [3.8, 4) is 17.2 Å². The zero-order chi connectivity index (χ0) is 20.6. The maximum Gasteiger partial charge on any atom is 0.123 e. The van der Waals surface area contributed by atoms with Gasteiger partial charge in [-0.2, -0.15) is 0 Å². The predicted octanol–water partition coefficient (Wildman–Crippen LogP) is 4.24. The Kier molecular flexibility index (Phi) is 7.42. The number of methoxy groups -OCH3 is 1. The van der Waals surface area contributed by atoms with Gasteiger partial charge in [-0.15, -0.1) is 6.58 Å². The van der Waals surface area contributed by atoms with E-state index in [-0.39, 0.29) is 0 Å². The van der Waals surface area contributed by atoms with Crippen molar-refractivity contribution >= 4 is 5.69 Å². The molecule has 1 aliphatic heterocycles. The highest BCUT2D eigenvalue weighted by Gasteiger charge is 2.18. The fraction of sp³-hybridized carbons (Fsp3) is 0.417. The minimum absolute atomic E-state index is 0.365. The number of rotatable bonds is 8. The van der Waals surface area contributed by atoms with E-state index < -0.39 is 0 Å². The summed E-state index contributed by atoms with van der Waals surface area (Å²) >= 11 is 0. The molecule has 0 unspecified atom stereocenters. The van der Waals surface area contributed by atoms with Gasteiger partial charge >= 0.3 is 0 Å². The van der Waals surface area contributed by atoms with E-state index in [1.165, 1.54) is 5.69 Å². The van der Waals surface area contributed by atoms with E-state index in [1.54, 1.807) is 7.11 Å². The molecule has 2 aromatic carbocycles. The Balaban J connectivity index is 1.69. The fourth-order valence-corrected chi connectivity index (χ4v) is 3.83. The molecule has 1 N–H and O–H groups in total. The summed E-state index contributed by atoms with van der Waals surface area (Å²) in [7, 11) is 1.69. The molecular formula is C24H32N2O3. The summed E-state index contributed by atoms with van der Waals surface area (Å²) in [6.45, 7) is 11.0. The standard InChI is InChI=1S/C24H32N2O3/c1-4-7-19-16-23(29-5-2)17-20(24(19)27)18-25-12-6-13-26(15-14-25)21-8-10-22(28-3)11-9-21/h4,8-11,16-17,27H,1,5-7,12-15,18H2,2-3H3. The highest BCUT2D eigenvalue weighted by molar-refractivity contribution is 5.49. The summed E-state index contributed by atoms with van der Waals surface area (Å²) < 4.78 is 11.0. The van der Waals surface area contributed by atoms with Crippen molar-refractivity contribution in [2.75, 3.05) is 44.8 Å². The van der Waals surface area contributed by atoms with Gasteiger partial charge in [0.15, 0.2) is 0 Å². The summed E-state index contributed by atoms with van der Waals surface area (Å²) in [6.07, 6.45) is 3.52. The van der Waals surface area contributed by atoms with Crippen LogP contribution in [-0.2, 0) is 13.0 Å². The van der Waals surface area contributed by atoms with Crippen molar-refractivity contribution in [3.05, 3.63) is 60.2 Å². The summed E-state index contributed by atoms with van der Waals surface area (Å²) in [5.41, 5.74) is 3.02. The lowest BCUT2D eigenvalue weighted by molar-refractivity contribution is 0.279. The number of anilines is 1. The van der Waals surface area contributed by atoms with Crippen molar-refractivity contribution in [2.45, 2.75) is 26.3 Å². The van der Waals surface area contributed by atoms with Crippen molar-refractivity contribution < 1.29 is 14.6 Å². The summed E-state index contributed by atoms with van der Waals surface area (Å²) in [6, 6.07) is 12.1. The normalized spacial score (nSPS) is 15.0. The molecule has 0 saturated carbocycles. The Morgan fingerprint density at radius 2 is 1.79 bits per heavy atom. The van der Waals surface area contributed by atoms with Gasteiger partial charge in [0.1, 0.15) is 17.2 Å².